The number of phenolic OH excluding ortho intramolecular Hbond substituents is 1. The summed E-state index contributed by atoms with van der Waals surface area (Å²) in [4.78, 5) is 27.3. The van der Waals surface area contributed by atoms with Gasteiger partial charge in [-0.1, -0.05) is 65.9 Å². The maximum atomic E-state index is 13.2. The lowest BCUT2D eigenvalue weighted by atomic mass is 10.2. The molecule has 4 rings (SSSR count). The first-order chi connectivity index (χ1) is 17.0. The highest BCUT2D eigenvalue weighted by Crippen LogP contribution is 2.34. The van der Waals surface area contributed by atoms with E-state index < -0.39 is 5.25 Å². The van der Waals surface area contributed by atoms with E-state index in [1.165, 1.54) is 35.0 Å². The third-order valence-corrected chi connectivity index (χ3v) is 6.26. The van der Waals surface area contributed by atoms with Crippen molar-refractivity contribution in [3.8, 4) is 5.75 Å². The largest absolute Gasteiger partial charge is 0.508 e. The molecule has 7 nitrogen and oxygen atoms in total. The number of amides is 2. The number of anilines is 2. The van der Waals surface area contributed by atoms with Crippen LogP contribution in [-0.2, 0) is 9.59 Å². The molecule has 1 aliphatic rings. The molecule has 1 saturated heterocycles. The quantitative estimate of drug-likeness (QED) is 0.355. The van der Waals surface area contributed by atoms with E-state index >= 15 is 0 Å². The Balaban J connectivity index is 1.49. The van der Waals surface area contributed by atoms with Crippen molar-refractivity contribution in [2.24, 2.45) is 10.2 Å². The SMILES string of the molecule is Cc1ccc(NC(=O)C[C@@H]2S\C(=N/N=C\C=C\c3ccccc3)N(c3ccc(O)cc3)C2=O)cc1. The van der Waals surface area contributed by atoms with Crippen LogP contribution < -0.4 is 10.2 Å². The fourth-order valence-corrected chi connectivity index (χ4v) is 4.45. The zero-order chi connectivity index (χ0) is 24.6. The maximum absolute atomic E-state index is 13.2. The maximum Gasteiger partial charge on any atom is 0.247 e. The smallest absolute Gasteiger partial charge is 0.247 e. The molecular weight excluding hydrogens is 460 g/mol. The van der Waals surface area contributed by atoms with Gasteiger partial charge in [-0.15, -0.1) is 5.10 Å². The lowest BCUT2D eigenvalue weighted by Gasteiger charge is -2.15. The van der Waals surface area contributed by atoms with Crippen LogP contribution in [0.3, 0.4) is 0 Å². The predicted molar refractivity (Wildman–Crippen MR) is 143 cm³/mol. The summed E-state index contributed by atoms with van der Waals surface area (Å²) < 4.78 is 0. The molecule has 2 N–H and O–H groups in total. The number of phenols is 1. The molecule has 176 valence electrons. The number of allylic oxidation sites excluding steroid dienone is 1. The van der Waals surface area contributed by atoms with Crippen molar-refractivity contribution in [2.75, 3.05) is 10.2 Å². The Hall–Kier alpha value is -4.17. The Kier molecular flexibility index (Phi) is 7.74. The second kappa shape index (κ2) is 11.3. The standard InChI is InChI=1S/C27H24N4O3S/c1-19-9-11-21(12-10-19)29-25(33)18-24-26(34)31(22-13-15-23(32)16-14-22)27(35-24)30-28-17-5-8-20-6-3-2-4-7-20/h2-17,24,32H,18H2,1H3,(H,29,33)/b8-5+,28-17-,30-27-/t24-/m0/s1. The highest BCUT2D eigenvalue weighted by Gasteiger charge is 2.40. The van der Waals surface area contributed by atoms with Crippen LogP contribution >= 0.6 is 11.8 Å². The number of nitrogens with zero attached hydrogens (tertiary/aromatic N) is 3. The molecule has 0 saturated carbocycles. The summed E-state index contributed by atoms with van der Waals surface area (Å²) in [6, 6.07) is 23.5. The monoisotopic (exact) mass is 484 g/mol. The molecule has 8 heteroatoms. The second-order valence-corrected chi connectivity index (χ2v) is 9.00. The van der Waals surface area contributed by atoms with E-state index in [0.29, 0.717) is 16.5 Å². The van der Waals surface area contributed by atoms with Gasteiger partial charge in [0, 0.05) is 18.3 Å². The summed E-state index contributed by atoms with van der Waals surface area (Å²) in [6.07, 6.45) is 5.19. The summed E-state index contributed by atoms with van der Waals surface area (Å²) in [5, 5.41) is 20.5. The summed E-state index contributed by atoms with van der Waals surface area (Å²) in [6.45, 7) is 1.97. The fraction of sp³-hybridized carbons (Fsp3) is 0.111. The summed E-state index contributed by atoms with van der Waals surface area (Å²) in [7, 11) is 0. The van der Waals surface area contributed by atoms with Crippen LogP contribution in [-0.4, -0.2) is 33.6 Å². The third-order valence-electron chi connectivity index (χ3n) is 5.13. The van der Waals surface area contributed by atoms with Gasteiger partial charge in [0.15, 0.2) is 5.17 Å². The molecule has 0 bridgehead atoms. The molecule has 1 aliphatic heterocycles. The van der Waals surface area contributed by atoms with Crippen molar-refractivity contribution in [2.45, 2.75) is 18.6 Å². The van der Waals surface area contributed by atoms with Crippen molar-refractivity contribution in [1.82, 2.24) is 0 Å². The fourth-order valence-electron chi connectivity index (χ4n) is 3.36. The number of thioether (sulfide) groups is 1. The van der Waals surface area contributed by atoms with Crippen LogP contribution in [0.4, 0.5) is 11.4 Å². The normalized spacial score (nSPS) is 17.1. The number of benzene rings is 3. The molecule has 3 aromatic rings. The zero-order valence-electron chi connectivity index (χ0n) is 19.0. The van der Waals surface area contributed by atoms with Gasteiger partial charge >= 0.3 is 0 Å². The van der Waals surface area contributed by atoms with Gasteiger partial charge in [-0.2, -0.15) is 5.10 Å². The van der Waals surface area contributed by atoms with Gasteiger partial charge in [0.25, 0.3) is 0 Å². The minimum Gasteiger partial charge on any atom is -0.508 e. The third kappa shape index (κ3) is 6.45. The Morgan fingerprint density at radius 1 is 1.06 bits per heavy atom. The van der Waals surface area contributed by atoms with Gasteiger partial charge < -0.3 is 10.4 Å². The molecule has 0 radical (unpaired) electrons. The summed E-state index contributed by atoms with van der Waals surface area (Å²) in [5.41, 5.74) is 3.34. The Bertz CT molecular complexity index is 1270. The topological polar surface area (TPSA) is 94.4 Å². The minimum atomic E-state index is -0.650. The van der Waals surface area contributed by atoms with Crippen LogP contribution in [0, 0.1) is 6.92 Å². The molecule has 35 heavy (non-hydrogen) atoms. The number of aryl methyl sites for hydroxylation is 1. The number of hydrogen-bond donors (Lipinski definition) is 2. The molecule has 1 atom stereocenters. The Labute approximate surface area is 207 Å². The van der Waals surface area contributed by atoms with Gasteiger partial charge in [-0.3, -0.25) is 14.5 Å². The average molecular weight is 485 g/mol. The number of hydrogen-bond acceptors (Lipinski definition) is 6. The molecule has 0 spiro atoms. The van der Waals surface area contributed by atoms with Crippen molar-refractivity contribution in [3.05, 3.63) is 96.1 Å². The van der Waals surface area contributed by atoms with Crippen LogP contribution in [0.15, 0.2) is 95.1 Å². The van der Waals surface area contributed by atoms with E-state index in [1.807, 2.05) is 67.6 Å². The van der Waals surface area contributed by atoms with Crippen LogP contribution in [0.5, 0.6) is 5.75 Å². The van der Waals surface area contributed by atoms with Crippen molar-refractivity contribution in [1.29, 1.82) is 0 Å². The summed E-state index contributed by atoms with van der Waals surface area (Å²) >= 11 is 1.19. The molecule has 1 heterocycles. The average Bonchev–Trinajstić information content (AvgIpc) is 3.16. The number of amidine groups is 1. The second-order valence-electron chi connectivity index (χ2n) is 7.83. The molecule has 2 amide bonds. The minimum absolute atomic E-state index is 0.0113. The Morgan fingerprint density at radius 2 is 1.77 bits per heavy atom. The first-order valence-electron chi connectivity index (χ1n) is 11.0. The number of carbonyl (C=O) groups excluding carboxylic acids is 2. The number of carbonyl (C=O) groups is 2. The van der Waals surface area contributed by atoms with Crippen molar-refractivity contribution < 1.29 is 14.7 Å². The lowest BCUT2D eigenvalue weighted by molar-refractivity contribution is -0.121. The van der Waals surface area contributed by atoms with Gasteiger partial charge in [0.1, 0.15) is 11.0 Å². The van der Waals surface area contributed by atoms with Gasteiger partial charge in [-0.25, -0.2) is 0 Å². The molecular formula is C27H24N4O3S. The van der Waals surface area contributed by atoms with Gasteiger partial charge in [0.05, 0.1) is 5.69 Å². The van der Waals surface area contributed by atoms with Crippen LogP contribution in [0.1, 0.15) is 17.5 Å². The molecule has 0 unspecified atom stereocenters. The van der Waals surface area contributed by atoms with E-state index in [2.05, 4.69) is 15.5 Å². The molecule has 0 aliphatic carbocycles. The van der Waals surface area contributed by atoms with Crippen molar-refractivity contribution in [3.63, 3.8) is 0 Å². The van der Waals surface area contributed by atoms with Crippen molar-refractivity contribution >= 4 is 52.4 Å². The highest BCUT2D eigenvalue weighted by molar-refractivity contribution is 8.16. The first kappa shape index (κ1) is 24.0. The van der Waals surface area contributed by atoms with Gasteiger partial charge in [-0.05, 0) is 55.0 Å². The molecule has 0 aromatic heterocycles. The Morgan fingerprint density at radius 3 is 2.49 bits per heavy atom. The van der Waals surface area contributed by atoms with E-state index in [4.69, 9.17) is 0 Å². The van der Waals surface area contributed by atoms with E-state index in [0.717, 1.165) is 11.1 Å². The first-order valence-corrected chi connectivity index (χ1v) is 11.9. The number of rotatable bonds is 7. The number of aromatic hydroxyl groups is 1. The summed E-state index contributed by atoms with van der Waals surface area (Å²) in [5.74, 6) is -0.445. The van der Waals surface area contributed by atoms with E-state index in [9.17, 15) is 14.7 Å². The van der Waals surface area contributed by atoms with Crippen LogP contribution in [0.25, 0.3) is 6.08 Å². The van der Waals surface area contributed by atoms with Gasteiger partial charge in [0.2, 0.25) is 11.8 Å². The molecule has 3 aromatic carbocycles. The number of nitrogens with one attached hydrogen (secondary N) is 1. The lowest BCUT2D eigenvalue weighted by Crippen LogP contribution is -2.33. The zero-order valence-corrected chi connectivity index (χ0v) is 19.9. The van der Waals surface area contributed by atoms with E-state index in [1.54, 1.807) is 18.2 Å². The predicted octanol–water partition coefficient (Wildman–Crippen LogP) is 5.23. The molecule has 1 fully saturated rings. The highest BCUT2D eigenvalue weighted by atomic mass is 32.2. The van der Waals surface area contributed by atoms with Crippen LogP contribution in [0.2, 0.25) is 0 Å². The van der Waals surface area contributed by atoms with E-state index in [-0.39, 0.29) is 24.0 Å².